The lowest BCUT2D eigenvalue weighted by Crippen LogP contribution is -2.00. The van der Waals surface area contributed by atoms with Crippen LogP contribution in [-0.4, -0.2) is 15.0 Å². The lowest BCUT2D eigenvalue weighted by Gasteiger charge is -2.10. The van der Waals surface area contributed by atoms with Gasteiger partial charge in [-0.05, 0) is 46.2 Å². The molecule has 4 nitrogen and oxygen atoms in total. The van der Waals surface area contributed by atoms with Gasteiger partial charge < -0.3 is 4.42 Å². The summed E-state index contributed by atoms with van der Waals surface area (Å²) in [6, 6.07) is 35.8. The van der Waals surface area contributed by atoms with Crippen LogP contribution in [0.1, 0.15) is 8.22 Å². The largest absolute Gasteiger partial charge is 0.456 e. The zero-order valence-electron chi connectivity index (χ0n) is 31.1. The molecule has 0 N–H and O–H groups in total. The standard InChI is InChI=1S/C43H25N3OS/c1-3-11-26(12-4-1)30-17-9-19-35-38(30)32-23-22-29(25-36(32)47-35)42-44-41(28-14-5-2-6-15-28)45-43(46-42)34-18-10-20-37-39(34)33-24-21-27-13-7-8-16-31(27)40(33)48-37/h1-25H/i7D,10D,13D,18D,21D,24D. The van der Waals surface area contributed by atoms with Crippen LogP contribution in [0.5, 0.6) is 0 Å². The van der Waals surface area contributed by atoms with Gasteiger partial charge in [0.25, 0.3) is 0 Å². The monoisotopic (exact) mass is 637 g/mol. The third kappa shape index (κ3) is 4.25. The minimum absolute atomic E-state index is 0.0259. The second-order valence-corrected chi connectivity index (χ2v) is 12.6. The van der Waals surface area contributed by atoms with Crippen molar-refractivity contribution in [2.75, 3.05) is 0 Å². The van der Waals surface area contributed by atoms with E-state index in [0.29, 0.717) is 48.4 Å². The summed E-state index contributed by atoms with van der Waals surface area (Å²) in [7, 11) is 0. The van der Waals surface area contributed by atoms with E-state index in [9.17, 15) is 1.37 Å². The highest BCUT2D eigenvalue weighted by Crippen LogP contribution is 2.43. The number of rotatable bonds is 4. The van der Waals surface area contributed by atoms with Gasteiger partial charge in [-0.1, -0.05) is 127 Å². The Morgan fingerprint density at radius 1 is 0.500 bits per heavy atom. The second kappa shape index (κ2) is 10.7. The molecule has 48 heavy (non-hydrogen) atoms. The molecule has 10 rings (SSSR count). The Morgan fingerprint density at radius 3 is 2.15 bits per heavy atom. The van der Waals surface area contributed by atoms with E-state index in [1.165, 1.54) is 17.4 Å². The van der Waals surface area contributed by atoms with Gasteiger partial charge in [-0.3, -0.25) is 0 Å². The highest BCUT2D eigenvalue weighted by molar-refractivity contribution is 7.26. The minimum Gasteiger partial charge on any atom is -0.456 e. The van der Waals surface area contributed by atoms with Crippen LogP contribution >= 0.6 is 11.3 Å². The highest BCUT2D eigenvalue weighted by Gasteiger charge is 2.19. The number of hydrogen-bond acceptors (Lipinski definition) is 5. The summed E-state index contributed by atoms with van der Waals surface area (Å²) in [6.07, 6.45) is 0. The molecule has 0 unspecified atom stereocenters. The first-order valence-electron chi connectivity index (χ1n) is 18.4. The molecule has 0 fully saturated rings. The van der Waals surface area contributed by atoms with Gasteiger partial charge in [-0.2, -0.15) is 0 Å². The first kappa shape index (κ1) is 21.6. The Morgan fingerprint density at radius 2 is 1.29 bits per heavy atom. The molecule has 0 atom stereocenters. The lowest BCUT2D eigenvalue weighted by atomic mass is 9.99. The fraction of sp³-hybridized carbons (Fsp3) is 0. The van der Waals surface area contributed by atoms with E-state index in [4.69, 9.17) is 26.2 Å². The third-order valence-corrected chi connectivity index (χ3v) is 9.84. The maximum atomic E-state index is 9.23. The maximum Gasteiger partial charge on any atom is 0.164 e. The van der Waals surface area contributed by atoms with E-state index in [-0.39, 0.29) is 53.0 Å². The fourth-order valence-electron chi connectivity index (χ4n) is 6.47. The molecule has 5 heteroatoms. The second-order valence-electron chi connectivity index (χ2n) is 11.5. The molecule has 224 valence electrons. The lowest BCUT2D eigenvalue weighted by molar-refractivity contribution is 0.669. The summed E-state index contributed by atoms with van der Waals surface area (Å²) in [5.74, 6) is 0.868. The molecule has 3 aromatic heterocycles. The van der Waals surface area contributed by atoms with Gasteiger partial charge in [0.15, 0.2) is 17.5 Å². The van der Waals surface area contributed by atoms with Gasteiger partial charge in [0.05, 0.1) is 8.22 Å². The molecule has 0 saturated carbocycles. The van der Waals surface area contributed by atoms with Crippen molar-refractivity contribution in [1.29, 1.82) is 0 Å². The summed E-state index contributed by atoms with van der Waals surface area (Å²) < 4.78 is 60.6. The Labute approximate surface area is 288 Å². The number of thiophene rings is 1. The van der Waals surface area contributed by atoms with E-state index in [1.54, 1.807) is 12.1 Å². The molecule has 0 amide bonds. The Kier molecular flexibility index (Phi) is 4.81. The molecule has 0 radical (unpaired) electrons. The molecule has 0 saturated heterocycles. The first-order chi connectivity index (χ1) is 26.3. The zero-order valence-corrected chi connectivity index (χ0v) is 25.9. The van der Waals surface area contributed by atoms with Crippen molar-refractivity contribution in [3.63, 3.8) is 0 Å². The number of aromatic nitrogens is 3. The summed E-state index contributed by atoms with van der Waals surface area (Å²) in [4.78, 5) is 14.8. The normalized spacial score (nSPS) is 13.5. The summed E-state index contributed by atoms with van der Waals surface area (Å²) in [6.45, 7) is 0. The van der Waals surface area contributed by atoms with Crippen molar-refractivity contribution in [3.8, 4) is 45.3 Å². The van der Waals surface area contributed by atoms with E-state index < -0.39 is 0 Å². The maximum absolute atomic E-state index is 9.23. The number of furan rings is 1. The van der Waals surface area contributed by atoms with Crippen LogP contribution in [0.4, 0.5) is 0 Å². The third-order valence-electron chi connectivity index (χ3n) is 8.67. The van der Waals surface area contributed by atoms with Gasteiger partial charge in [0, 0.05) is 47.6 Å². The molecule has 10 aromatic rings. The van der Waals surface area contributed by atoms with Crippen molar-refractivity contribution in [2.45, 2.75) is 0 Å². The molecular weight excluding hydrogens is 607 g/mol. The van der Waals surface area contributed by atoms with Crippen LogP contribution in [0.3, 0.4) is 0 Å². The number of hydrogen-bond donors (Lipinski definition) is 0. The van der Waals surface area contributed by atoms with Gasteiger partial charge in [0.1, 0.15) is 11.2 Å². The van der Waals surface area contributed by atoms with Crippen molar-refractivity contribution < 1.29 is 12.6 Å². The van der Waals surface area contributed by atoms with Gasteiger partial charge in [0.2, 0.25) is 0 Å². The van der Waals surface area contributed by atoms with E-state index >= 15 is 0 Å². The van der Waals surface area contributed by atoms with Crippen LogP contribution in [0, 0.1) is 0 Å². The topological polar surface area (TPSA) is 51.8 Å². The first-order valence-corrected chi connectivity index (χ1v) is 16.3. The van der Waals surface area contributed by atoms with Crippen LogP contribution in [0.25, 0.3) is 98.2 Å². The van der Waals surface area contributed by atoms with E-state index in [0.717, 1.165) is 33.0 Å². The minimum atomic E-state index is -0.167. The average molecular weight is 638 g/mol. The van der Waals surface area contributed by atoms with Crippen molar-refractivity contribution >= 4 is 64.2 Å². The zero-order chi connectivity index (χ0) is 36.8. The highest BCUT2D eigenvalue weighted by atomic mass is 32.1. The summed E-state index contributed by atoms with van der Waals surface area (Å²) in [5, 5.41) is 3.68. The average Bonchev–Trinajstić information content (AvgIpc) is 3.77. The summed E-state index contributed by atoms with van der Waals surface area (Å²) >= 11 is 1.33. The van der Waals surface area contributed by atoms with Gasteiger partial charge in [-0.25, -0.2) is 15.0 Å². The Hall–Kier alpha value is -6.17. The smallest absolute Gasteiger partial charge is 0.164 e. The van der Waals surface area contributed by atoms with Gasteiger partial charge >= 0.3 is 0 Å². The van der Waals surface area contributed by atoms with Crippen LogP contribution in [-0.2, 0) is 0 Å². The SMILES string of the molecule is [2H]c1cc2sc3c4ccc([2H])c([2H])c4c([2H])c([2H])c3c2c(-c2nc(-c3ccccc3)nc(-c3ccc4c(c3)oc3cccc(-c5ccccc5)c34)n2)c1[2H]. The van der Waals surface area contributed by atoms with Crippen molar-refractivity contribution in [2.24, 2.45) is 0 Å². The molecule has 7 aromatic carbocycles. The van der Waals surface area contributed by atoms with Gasteiger partial charge in [-0.15, -0.1) is 11.3 Å². The fourth-order valence-corrected chi connectivity index (χ4v) is 7.65. The van der Waals surface area contributed by atoms with Crippen molar-refractivity contribution in [3.05, 3.63) is 152 Å². The Balaban J connectivity index is 1.25. The van der Waals surface area contributed by atoms with Crippen LogP contribution in [0.2, 0.25) is 0 Å². The van der Waals surface area contributed by atoms with Crippen LogP contribution in [0.15, 0.2) is 156 Å². The predicted molar refractivity (Wildman–Crippen MR) is 199 cm³/mol. The number of nitrogens with zero attached hydrogens (tertiary/aromatic N) is 3. The molecule has 0 spiro atoms. The molecule has 0 aliphatic carbocycles. The molecule has 0 aliphatic heterocycles. The quantitative estimate of drug-likeness (QED) is 0.193. The number of fused-ring (bicyclic) bond motifs is 8. The predicted octanol–water partition coefficient (Wildman–Crippen LogP) is 12.0. The molecule has 0 aliphatic rings. The van der Waals surface area contributed by atoms with E-state index in [2.05, 4.69) is 18.2 Å². The number of benzene rings is 7. The Bertz CT molecular complexity index is 3180. The molecular formula is C43H25N3OS. The van der Waals surface area contributed by atoms with E-state index in [1.807, 2.05) is 78.9 Å². The van der Waals surface area contributed by atoms with Crippen LogP contribution < -0.4 is 0 Å². The molecule has 0 bridgehead atoms. The summed E-state index contributed by atoms with van der Waals surface area (Å²) in [5.41, 5.74) is 5.22. The van der Waals surface area contributed by atoms with Crippen molar-refractivity contribution in [1.82, 2.24) is 15.0 Å². The molecule has 3 heterocycles.